The Bertz CT molecular complexity index is 1360. The Morgan fingerprint density at radius 1 is 0.864 bits per heavy atom. The topological polar surface area (TPSA) is 278 Å². The summed E-state index contributed by atoms with van der Waals surface area (Å²) in [4.78, 5) is 26.2. The zero-order valence-corrected chi connectivity index (χ0v) is 25.2. The number of hydrogen-bond acceptors (Lipinski definition) is 17. The van der Waals surface area contributed by atoms with Crippen LogP contribution >= 0.6 is 15.6 Å². The smallest absolute Gasteiger partial charge is 0.387 e. The van der Waals surface area contributed by atoms with Gasteiger partial charge in [0.25, 0.3) is 5.56 Å². The highest BCUT2D eigenvalue weighted by Crippen LogP contribution is 2.54. The Kier molecular flexibility index (Phi) is 15.0. The average Bonchev–Trinajstić information content (AvgIpc) is 3.27. The molecule has 19 nitrogen and oxygen atoms in total. The molecule has 1 fully saturated rings. The number of nitrogens with zero attached hydrogens (tertiary/aromatic N) is 5. The molecule has 0 aliphatic carbocycles. The van der Waals surface area contributed by atoms with Crippen LogP contribution in [0.1, 0.15) is 31.9 Å². The standard InChI is InChI=1S/C23H30N6O13P2/c1-35-19-20(31)23(42-21(19)29-11-6-18(30)28-22(29)32,16-40-43(33,36-12-2-7-24)37-13-3-8-25)17-41-44(34,38-14-4-9-26)39-15-5-10-27/h6,11,19-21,31H,2-5,12-17H2,1H3,(H,28,30,32)/t19-,20?,21+/m0/s1. The van der Waals surface area contributed by atoms with Crippen LogP contribution in [0.15, 0.2) is 21.9 Å². The van der Waals surface area contributed by atoms with E-state index in [0.717, 1.165) is 16.8 Å². The second-order valence-electron chi connectivity index (χ2n) is 8.64. The van der Waals surface area contributed by atoms with Gasteiger partial charge in [-0.3, -0.25) is 41.5 Å². The number of methoxy groups -OCH3 is 1. The van der Waals surface area contributed by atoms with Crippen molar-refractivity contribution in [1.29, 1.82) is 21.0 Å². The minimum atomic E-state index is -4.55. The van der Waals surface area contributed by atoms with Crippen molar-refractivity contribution < 1.29 is 50.9 Å². The first-order valence-corrected chi connectivity index (χ1v) is 15.7. The zero-order chi connectivity index (χ0) is 32.6. The molecule has 240 valence electrons. The molecule has 21 heteroatoms. The van der Waals surface area contributed by atoms with Crippen LogP contribution in [0.3, 0.4) is 0 Å². The molecule has 1 unspecified atom stereocenters. The molecule has 0 amide bonds. The van der Waals surface area contributed by atoms with E-state index in [-0.39, 0.29) is 25.7 Å². The van der Waals surface area contributed by atoms with Crippen molar-refractivity contribution in [3.05, 3.63) is 33.1 Å². The molecule has 1 aliphatic heterocycles. The van der Waals surface area contributed by atoms with Crippen molar-refractivity contribution in [3.63, 3.8) is 0 Å². The number of aliphatic hydroxyl groups is 1. The van der Waals surface area contributed by atoms with Crippen LogP contribution in [-0.4, -0.2) is 79.2 Å². The lowest BCUT2D eigenvalue weighted by molar-refractivity contribution is -0.148. The third-order valence-corrected chi connectivity index (χ3v) is 8.56. The van der Waals surface area contributed by atoms with E-state index in [1.807, 2.05) is 4.98 Å². The van der Waals surface area contributed by atoms with Crippen molar-refractivity contribution in [2.45, 2.75) is 49.7 Å². The number of aromatic nitrogens is 2. The Labute approximate surface area is 251 Å². The largest absolute Gasteiger partial charge is 0.474 e. The summed E-state index contributed by atoms with van der Waals surface area (Å²) in [6.07, 6.45) is -4.48. The lowest BCUT2D eigenvalue weighted by atomic mass is 9.97. The molecular weight excluding hydrogens is 630 g/mol. The SMILES string of the molecule is CO[C@H]1C(O)C(COP(=O)(OCCC#N)OCCC#N)(COP(=O)(OCCC#N)OCCC#N)O[C@H]1n1ccc(=O)[nH]c1=O. The van der Waals surface area contributed by atoms with E-state index in [4.69, 9.17) is 57.7 Å². The molecule has 1 aliphatic rings. The molecule has 1 aromatic rings. The molecule has 1 saturated heterocycles. The molecular formula is C23H30N6O13P2. The Hall–Kier alpha value is -3.26. The van der Waals surface area contributed by atoms with Gasteiger partial charge in [-0.1, -0.05) is 0 Å². The third-order valence-electron chi connectivity index (χ3n) is 5.67. The van der Waals surface area contributed by atoms with E-state index < -0.39 is 90.6 Å². The van der Waals surface area contributed by atoms with E-state index in [0.29, 0.717) is 0 Å². The van der Waals surface area contributed by atoms with Gasteiger partial charge in [0, 0.05) is 19.4 Å². The van der Waals surface area contributed by atoms with Crippen LogP contribution in [0.4, 0.5) is 0 Å². The fourth-order valence-corrected chi connectivity index (χ4v) is 6.07. The number of hydrogen-bond donors (Lipinski definition) is 2. The molecule has 2 rings (SSSR count). The molecule has 0 bridgehead atoms. The quantitative estimate of drug-likeness (QED) is 0.146. The third kappa shape index (κ3) is 10.4. The maximum atomic E-state index is 13.4. The van der Waals surface area contributed by atoms with Gasteiger partial charge in [-0.05, 0) is 0 Å². The summed E-state index contributed by atoms with van der Waals surface area (Å²) in [5.41, 5.74) is -3.89. The van der Waals surface area contributed by atoms with Gasteiger partial charge in [-0.2, -0.15) is 21.0 Å². The number of H-pyrrole nitrogens is 1. The van der Waals surface area contributed by atoms with Crippen molar-refractivity contribution in [2.24, 2.45) is 0 Å². The molecule has 1 aromatic heterocycles. The second-order valence-corrected chi connectivity index (χ2v) is 12.0. The highest BCUT2D eigenvalue weighted by atomic mass is 31.2. The summed E-state index contributed by atoms with van der Waals surface area (Å²) in [6, 6.07) is 8.11. The van der Waals surface area contributed by atoms with Crippen LogP contribution in [-0.2, 0) is 45.7 Å². The van der Waals surface area contributed by atoms with E-state index in [1.165, 1.54) is 7.11 Å². The number of rotatable bonds is 20. The second kappa shape index (κ2) is 17.9. The molecule has 0 saturated carbocycles. The first-order chi connectivity index (χ1) is 21.0. The van der Waals surface area contributed by atoms with E-state index in [9.17, 15) is 23.8 Å². The molecule has 44 heavy (non-hydrogen) atoms. The van der Waals surface area contributed by atoms with Crippen LogP contribution in [0.5, 0.6) is 0 Å². The van der Waals surface area contributed by atoms with Gasteiger partial charge in [-0.25, -0.2) is 13.9 Å². The summed E-state index contributed by atoms with van der Waals surface area (Å²) in [6.45, 7) is -3.46. The first-order valence-electron chi connectivity index (χ1n) is 12.8. The van der Waals surface area contributed by atoms with Gasteiger partial charge in [0.15, 0.2) is 6.23 Å². The number of phosphoric ester groups is 2. The lowest BCUT2D eigenvalue weighted by Gasteiger charge is -2.33. The molecule has 0 radical (unpaired) electrons. The van der Waals surface area contributed by atoms with Crippen LogP contribution < -0.4 is 11.2 Å². The molecule has 0 spiro atoms. The number of aromatic amines is 1. The highest BCUT2D eigenvalue weighted by Gasteiger charge is 2.58. The number of aliphatic hydroxyl groups excluding tert-OH is 1. The minimum absolute atomic E-state index is 0.214. The Morgan fingerprint density at radius 2 is 1.30 bits per heavy atom. The Balaban J connectivity index is 2.50. The van der Waals surface area contributed by atoms with Gasteiger partial charge < -0.3 is 14.6 Å². The van der Waals surface area contributed by atoms with Crippen LogP contribution in [0.25, 0.3) is 0 Å². The average molecular weight is 660 g/mol. The fraction of sp³-hybridized carbons (Fsp3) is 0.652. The zero-order valence-electron chi connectivity index (χ0n) is 23.4. The van der Waals surface area contributed by atoms with Crippen molar-refractivity contribution in [1.82, 2.24) is 9.55 Å². The highest BCUT2D eigenvalue weighted by molar-refractivity contribution is 7.48. The van der Waals surface area contributed by atoms with Crippen LogP contribution in [0.2, 0.25) is 0 Å². The van der Waals surface area contributed by atoms with Gasteiger partial charge in [-0.15, -0.1) is 0 Å². The van der Waals surface area contributed by atoms with Gasteiger partial charge in [0.2, 0.25) is 0 Å². The van der Waals surface area contributed by atoms with Gasteiger partial charge >= 0.3 is 21.3 Å². The molecule has 0 aromatic carbocycles. The number of ether oxygens (including phenoxy) is 2. The van der Waals surface area contributed by atoms with E-state index >= 15 is 0 Å². The fourth-order valence-electron chi connectivity index (χ4n) is 3.61. The van der Waals surface area contributed by atoms with Gasteiger partial charge in [0.1, 0.15) is 17.8 Å². The normalized spacial score (nSPS) is 19.5. The molecule has 3 atom stereocenters. The van der Waals surface area contributed by atoms with Crippen molar-refractivity contribution in [2.75, 3.05) is 46.8 Å². The summed E-state index contributed by atoms with van der Waals surface area (Å²) in [7, 11) is -7.94. The maximum absolute atomic E-state index is 13.4. The maximum Gasteiger partial charge on any atom is 0.474 e. The van der Waals surface area contributed by atoms with E-state index in [2.05, 4.69) is 0 Å². The van der Waals surface area contributed by atoms with Crippen molar-refractivity contribution >= 4 is 15.6 Å². The number of phosphoric acid groups is 2. The predicted octanol–water partition coefficient (Wildman–Crippen LogP) is 1.15. The number of nitrogens with one attached hydrogen (secondary N) is 1. The monoisotopic (exact) mass is 660 g/mol. The summed E-state index contributed by atoms with van der Waals surface area (Å²) in [5, 5.41) is 46.7. The first kappa shape index (κ1) is 36.9. The summed E-state index contributed by atoms with van der Waals surface area (Å²) >= 11 is 0. The van der Waals surface area contributed by atoms with Crippen LogP contribution in [0, 0.1) is 45.3 Å². The Morgan fingerprint density at radius 3 is 1.66 bits per heavy atom. The number of nitriles is 4. The summed E-state index contributed by atoms with van der Waals surface area (Å²) < 4.78 is 70.4. The lowest BCUT2D eigenvalue weighted by Crippen LogP contribution is -2.50. The van der Waals surface area contributed by atoms with Crippen molar-refractivity contribution in [3.8, 4) is 24.3 Å². The molecule has 2 heterocycles. The predicted molar refractivity (Wildman–Crippen MR) is 143 cm³/mol. The molecule has 2 N–H and O–H groups in total. The summed E-state index contributed by atoms with van der Waals surface area (Å²) in [5.74, 6) is 0. The minimum Gasteiger partial charge on any atom is -0.387 e. The van der Waals surface area contributed by atoms with Gasteiger partial charge in [0.05, 0.1) is 89.6 Å². The van der Waals surface area contributed by atoms with E-state index in [1.54, 1.807) is 24.3 Å².